The molecular weight excluding hydrogens is 649 g/mol. The minimum absolute atomic E-state index is 0.0749. The molecule has 0 aliphatic carbocycles. The van der Waals surface area contributed by atoms with E-state index < -0.39 is 0 Å². The van der Waals surface area contributed by atoms with Crippen LogP contribution >= 0.6 is 0 Å². The molecule has 3 heterocycles. The van der Waals surface area contributed by atoms with Gasteiger partial charge in [-0.1, -0.05) is 115 Å². The number of benzene rings is 6. The summed E-state index contributed by atoms with van der Waals surface area (Å²) >= 11 is 0. The van der Waals surface area contributed by atoms with Crippen LogP contribution in [0.15, 0.2) is 182 Å². The molecule has 0 spiro atoms. The predicted octanol–water partition coefficient (Wildman–Crippen LogP) is 11.8. The van der Waals surface area contributed by atoms with Crippen LogP contribution in [0.5, 0.6) is 5.75 Å². The molecule has 0 saturated heterocycles. The number of aromatic hydroxyl groups is 1. The minimum Gasteiger partial charge on any atom is -0.506 e. The number of pyridine rings is 2. The number of aromatic nitrogens is 4. The molecule has 0 atom stereocenters. The number of hydrogen-bond donors (Lipinski definition) is 1. The summed E-state index contributed by atoms with van der Waals surface area (Å²) in [6.45, 7) is 2.12. The van der Waals surface area contributed by atoms with Gasteiger partial charge in [-0.05, 0) is 100.0 Å². The zero-order valence-electron chi connectivity index (χ0n) is 29.1. The van der Waals surface area contributed by atoms with Crippen LogP contribution in [0.2, 0.25) is 0 Å². The van der Waals surface area contributed by atoms with Gasteiger partial charge in [-0.3, -0.25) is 14.5 Å². The standard InChI is InChI=1S/C48H34N4O/c1-32-30-50-44(29-43(32)36-22-20-35(21-23-36)33-12-5-2-6-13-33)39-27-37(34-14-7-3-8-15-34)26-38(28-39)41-18-11-19-45-47(41)51-48(42-24-25-49-31-46(42)53)52(45)40-16-9-4-10-17-40/h2-31,53H,1H3. The summed E-state index contributed by atoms with van der Waals surface area (Å²) in [6.07, 6.45) is 5.11. The highest BCUT2D eigenvalue weighted by atomic mass is 16.3. The molecule has 53 heavy (non-hydrogen) atoms. The lowest BCUT2D eigenvalue weighted by molar-refractivity contribution is 0.474. The maximum Gasteiger partial charge on any atom is 0.149 e. The summed E-state index contributed by atoms with van der Waals surface area (Å²) in [5.41, 5.74) is 15.2. The average molecular weight is 683 g/mol. The molecule has 0 aliphatic heterocycles. The Hall–Kier alpha value is -7.11. The molecule has 3 aromatic heterocycles. The van der Waals surface area contributed by atoms with E-state index in [0.717, 1.165) is 66.9 Å². The molecule has 0 fully saturated rings. The summed E-state index contributed by atoms with van der Waals surface area (Å²) in [4.78, 5) is 14.4. The van der Waals surface area contributed by atoms with Gasteiger partial charge in [0.25, 0.3) is 0 Å². The number of rotatable bonds is 7. The zero-order valence-corrected chi connectivity index (χ0v) is 29.1. The van der Waals surface area contributed by atoms with Gasteiger partial charge in [-0.15, -0.1) is 0 Å². The van der Waals surface area contributed by atoms with Crippen molar-refractivity contribution in [3.05, 3.63) is 188 Å². The summed E-state index contributed by atoms with van der Waals surface area (Å²) < 4.78 is 2.10. The van der Waals surface area contributed by atoms with E-state index in [0.29, 0.717) is 11.4 Å². The highest BCUT2D eigenvalue weighted by molar-refractivity contribution is 5.97. The Labute approximate surface area is 308 Å². The van der Waals surface area contributed by atoms with Gasteiger partial charge in [0.2, 0.25) is 0 Å². The molecule has 5 nitrogen and oxygen atoms in total. The van der Waals surface area contributed by atoms with Gasteiger partial charge in [-0.2, -0.15) is 0 Å². The maximum absolute atomic E-state index is 10.9. The van der Waals surface area contributed by atoms with Crippen LogP contribution in [0.3, 0.4) is 0 Å². The lowest BCUT2D eigenvalue weighted by Crippen LogP contribution is -1.97. The molecule has 0 aliphatic rings. The molecule has 0 bridgehead atoms. The molecule has 252 valence electrons. The molecule has 0 saturated carbocycles. The minimum atomic E-state index is 0.0749. The normalized spacial score (nSPS) is 11.2. The van der Waals surface area contributed by atoms with Crippen LogP contribution in [0.25, 0.3) is 83.9 Å². The van der Waals surface area contributed by atoms with Crippen molar-refractivity contribution in [3.8, 4) is 78.6 Å². The quantitative estimate of drug-likeness (QED) is 0.182. The van der Waals surface area contributed by atoms with Crippen molar-refractivity contribution in [1.82, 2.24) is 19.5 Å². The fourth-order valence-electron chi connectivity index (χ4n) is 7.12. The van der Waals surface area contributed by atoms with E-state index in [1.807, 2.05) is 36.5 Å². The third kappa shape index (κ3) is 6.04. The average Bonchev–Trinajstić information content (AvgIpc) is 3.62. The van der Waals surface area contributed by atoms with Crippen molar-refractivity contribution in [3.63, 3.8) is 0 Å². The molecule has 9 rings (SSSR count). The second kappa shape index (κ2) is 13.5. The molecule has 0 amide bonds. The van der Waals surface area contributed by atoms with Crippen molar-refractivity contribution in [2.45, 2.75) is 6.92 Å². The lowest BCUT2D eigenvalue weighted by Gasteiger charge is -2.14. The van der Waals surface area contributed by atoms with Crippen LogP contribution in [-0.2, 0) is 0 Å². The molecule has 6 aromatic carbocycles. The first kappa shape index (κ1) is 31.8. The summed E-state index contributed by atoms with van der Waals surface area (Å²) in [6, 6.07) is 56.8. The molecule has 0 radical (unpaired) electrons. The molecule has 1 N–H and O–H groups in total. The second-order valence-corrected chi connectivity index (χ2v) is 13.2. The van der Waals surface area contributed by atoms with Gasteiger partial charge >= 0.3 is 0 Å². The Bertz CT molecular complexity index is 2720. The number of aryl methyl sites for hydroxylation is 1. The monoisotopic (exact) mass is 682 g/mol. The van der Waals surface area contributed by atoms with Crippen LogP contribution in [0.1, 0.15) is 5.56 Å². The fourth-order valence-corrected chi connectivity index (χ4v) is 7.12. The lowest BCUT2D eigenvalue weighted by atomic mass is 9.93. The van der Waals surface area contributed by atoms with E-state index in [-0.39, 0.29) is 5.75 Å². The Morgan fingerprint density at radius 1 is 0.491 bits per heavy atom. The molecule has 9 aromatic rings. The largest absolute Gasteiger partial charge is 0.506 e. The van der Waals surface area contributed by atoms with Gasteiger partial charge in [0, 0.05) is 29.2 Å². The van der Waals surface area contributed by atoms with E-state index >= 15 is 0 Å². The van der Waals surface area contributed by atoms with Crippen molar-refractivity contribution >= 4 is 11.0 Å². The van der Waals surface area contributed by atoms with Crippen LogP contribution in [0.4, 0.5) is 0 Å². The van der Waals surface area contributed by atoms with Gasteiger partial charge in [0.1, 0.15) is 11.6 Å². The highest BCUT2D eigenvalue weighted by Crippen LogP contribution is 2.40. The third-order valence-electron chi connectivity index (χ3n) is 9.79. The van der Waals surface area contributed by atoms with Crippen LogP contribution in [0, 0.1) is 6.92 Å². The number of hydrogen-bond acceptors (Lipinski definition) is 4. The van der Waals surface area contributed by atoms with Crippen molar-refractivity contribution in [2.24, 2.45) is 0 Å². The van der Waals surface area contributed by atoms with Crippen molar-refractivity contribution < 1.29 is 5.11 Å². The Kier molecular flexibility index (Phi) is 8.14. The van der Waals surface area contributed by atoms with E-state index in [1.54, 1.807) is 12.3 Å². The number of fused-ring (bicyclic) bond motifs is 1. The van der Waals surface area contributed by atoms with Crippen molar-refractivity contribution in [1.29, 1.82) is 0 Å². The zero-order chi connectivity index (χ0) is 35.7. The number of nitrogens with zero attached hydrogens (tertiary/aromatic N) is 4. The van der Waals surface area contributed by atoms with E-state index in [2.05, 4.69) is 144 Å². The first-order valence-electron chi connectivity index (χ1n) is 17.6. The third-order valence-corrected chi connectivity index (χ3v) is 9.79. The van der Waals surface area contributed by atoms with Gasteiger partial charge in [0.05, 0.1) is 28.5 Å². The first-order chi connectivity index (χ1) is 26.1. The fraction of sp³-hybridized carbons (Fsp3) is 0.0208. The topological polar surface area (TPSA) is 63.8 Å². The van der Waals surface area contributed by atoms with Crippen molar-refractivity contribution in [2.75, 3.05) is 0 Å². The SMILES string of the molecule is Cc1cnc(-c2cc(-c3ccccc3)cc(-c3cccc4c3nc(-c3ccncc3O)n4-c3ccccc3)c2)cc1-c1ccc(-c2ccccc2)cc1. The van der Waals surface area contributed by atoms with E-state index in [1.165, 1.54) is 17.3 Å². The van der Waals surface area contributed by atoms with E-state index in [9.17, 15) is 5.11 Å². The van der Waals surface area contributed by atoms with Gasteiger partial charge in [-0.25, -0.2) is 4.98 Å². The highest BCUT2D eigenvalue weighted by Gasteiger charge is 2.20. The van der Waals surface area contributed by atoms with Gasteiger partial charge in [0.15, 0.2) is 0 Å². The number of imidazole rings is 1. The smallest absolute Gasteiger partial charge is 0.149 e. The molecular formula is C48H34N4O. The van der Waals surface area contributed by atoms with E-state index in [4.69, 9.17) is 9.97 Å². The first-order valence-corrected chi connectivity index (χ1v) is 17.6. The Balaban J connectivity index is 1.22. The Morgan fingerprint density at radius 2 is 1.11 bits per heavy atom. The van der Waals surface area contributed by atoms with Crippen LogP contribution < -0.4 is 0 Å². The molecule has 5 heteroatoms. The van der Waals surface area contributed by atoms with Crippen LogP contribution in [-0.4, -0.2) is 24.6 Å². The summed E-state index contributed by atoms with van der Waals surface area (Å²) in [5.74, 6) is 0.715. The van der Waals surface area contributed by atoms with Gasteiger partial charge < -0.3 is 5.11 Å². The summed E-state index contributed by atoms with van der Waals surface area (Å²) in [5, 5.41) is 10.9. The summed E-state index contributed by atoms with van der Waals surface area (Å²) in [7, 11) is 0. The number of para-hydroxylation sites is 2. The molecule has 0 unspecified atom stereocenters. The Morgan fingerprint density at radius 3 is 1.83 bits per heavy atom. The predicted molar refractivity (Wildman–Crippen MR) is 216 cm³/mol. The maximum atomic E-state index is 10.9. The second-order valence-electron chi connectivity index (χ2n) is 13.2.